The minimum atomic E-state index is 0.855. The fraction of sp³-hybridized carbons (Fsp3) is 0.692. The van der Waals surface area contributed by atoms with Crippen molar-refractivity contribution in [1.29, 1.82) is 0 Å². The Hall–Kier alpha value is -1.00. The van der Waals surface area contributed by atoms with E-state index in [4.69, 9.17) is 0 Å². The highest BCUT2D eigenvalue weighted by molar-refractivity contribution is 5.06. The largest absolute Gasteiger partial charge is 0.306 e. The number of aromatic nitrogens is 2. The third-order valence-corrected chi connectivity index (χ3v) is 3.99. The second-order valence-corrected chi connectivity index (χ2v) is 5.57. The van der Waals surface area contributed by atoms with Gasteiger partial charge in [-0.3, -0.25) is 4.90 Å². The van der Waals surface area contributed by atoms with E-state index in [2.05, 4.69) is 26.8 Å². The molecule has 4 nitrogen and oxygen atoms in total. The Morgan fingerprint density at radius 2 is 1.71 bits per heavy atom. The molecule has 2 aliphatic rings. The molecule has 2 atom stereocenters. The van der Waals surface area contributed by atoms with Gasteiger partial charge in [0.25, 0.3) is 0 Å². The molecular formula is C13H20N4. The molecule has 0 aliphatic carbocycles. The van der Waals surface area contributed by atoms with E-state index in [1.807, 2.05) is 19.3 Å². The molecule has 0 radical (unpaired) electrons. The summed E-state index contributed by atoms with van der Waals surface area (Å²) in [5.41, 5.74) is 1.24. The molecule has 3 rings (SSSR count). The van der Waals surface area contributed by atoms with Gasteiger partial charge in [0.05, 0.1) is 0 Å². The average molecular weight is 232 g/mol. The normalized spacial score (nSPS) is 29.8. The van der Waals surface area contributed by atoms with Crippen molar-refractivity contribution >= 4 is 0 Å². The van der Waals surface area contributed by atoms with Gasteiger partial charge in [-0.25, -0.2) is 9.97 Å². The zero-order chi connectivity index (χ0) is 11.8. The van der Waals surface area contributed by atoms with Crippen LogP contribution in [-0.4, -0.2) is 53.0 Å². The Morgan fingerprint density at radius 1 is 1.12 bits per heavy atom. The molecule has 0 bridgehead atoms. The smallest absolute Gasteiger partial charge is 0.125 e. The fourth-order valence-electron chi connectivity index (χ4n) is 3.21. The lowest BCUT2D eigenvalue weighted by Gasteiger charge is -2.18. The van der Waals surface area contributed by atoms with Gasteiger partial charge in [-0.05, 0) is 25.8 Å². The van der Waals surface area contributed by atoms with Gasteiger partial charge in [-0.1, -0.05) is 0 Å². The highest BCUT2D eigenvalue weighted by Gasteiger charge is 2.38. The van der Waals surface area contributed by atoms with Crippen molar-refractivity contribution in [2.24, 2.45) is 11.8 Å². The first kappa shape index (κ1) is 11.1. The van der Waals surface area contributed by atoms with Gasteiger partial charge in [-0.2, -0.15) is 0 Å². The maximum Gasteiger partial charge on any atom is 0.125 e. The lowest BCUT2D eigenvalue weighted by Crippen LogP contribution is -2.26. The first-order chi connectivity index (χ1) is 8.20. The zero-order valence-electron chi connectivity index (χ0n) is 10.6. The van der Waals surface area contributed by atoms with Gasteiger partial charge in [0.1, 0.15) is 5.82 Å². The summed E-state index contributed by atoms with van der Waals surface area (Å²) in [4.78, 5) is 13.5. The molecule has 0 N–H and O–H groups in total. The highest BCUT2D eigenvalue weighted by atomic mass is 15.2. The van der Waals surface area contributed by atoms with E-state index < -0.39 is 0 Å². The Morgan fingerprint density at radius 3 is 2.29 bits per heavy atom. The van der Waals surface area contributed by atoms with Crippen molar-refractivity contribution in [3.05, 3.63) is 23.8 Å². The molecule has 0 unspecified atom stereocenters. The van der Waals surface area contributed by atoms with Crippen molar-refractivity contribution in [1.82, 2.24) is 19.8 Å². The summed E-state index contributed by atoms with van der Waals surface area (Å²) in [6.07, 6.45) is 3.92. The van der Waals surface area contributed by atoms with Crippen molar-refractivity contribution in [3.63, 3.8) is 0 Å². The van der Waals surface area contributed by atoms with Gasteiger partial charge in [-0.15, -0.1) is 0 Å². The number of rotatable bonds is 2. The monoisotopic (exact) mass is 232 g/mol. The van der Waals surface area contributed by atoms with Gasteiger partial charge >= 0.3 is 0 Å². The van der Waals surface area contributed by atoms with E-state index in [1.165, 1.54) is 31.7 Å². The third-order valence-electron chi connectivity index (χ3n) is 3.99. The van der Waals surface area contributed by atoms with Gasteiger partial charge < -0.3 is 4.90 Å². The predicted molar refractivity (Wildman–Crippen MR) is 66.5 cm³/mol. The van der Waals surface area contributed by atoms with E-state index in [1.54, 1.807) is 0 Å². The predicted octanol–water partition coefficient (Wildman–Crippen LogP) is 0.778. The lowest BCUT2D eigenvalue weighted by atomic mass is 10.0. The Kier molecular flexibility index (Phi) is 2.84. The molecule has 2 fully saturated rings. The van der Waals surface area contributed by atoms with Crippen LogP contribution in [0.2, 0.25) is 0 Å². The van der Waals surface area contributed by atoms with Gasteiger partial charge in [0.2, 0.25) is 0 Å². The quantitative estimate of drug-likeness (QED) is 0.754. The lowest BCUT2D eigenvalue weighted by molar-refractivity contribution is 0.271. The summed E-state index contributed by atoms with van der Waals surface area (Å²) in [6, 6.07) is 0. The third kappa shape index (κ3) is 2.33. The van der Waals surface area contributed by atoms with Crippen molar-refractivity contribution < 1.29 is 0 Å². The van der Waals surface area contributed by atoms with E-state index in [0.29, 0.717) is 0 Å². The number of fused-ring (bicyclic) bond motifs is 1. The van der Waals surface area contributed by atoms with Crippen LogP contribution in [0.15, 0.2) is 12.4 Å². The molecule has 1 aromatic heterocycles. The topological polar surface area (TPSA) is 32.3 Å². The van der Waals surface area contributed by atoms with Crippen LogP contribution in [0.25, 0.3) is 0 Å². The number of likely N-dealkylation sites (tertiary alicyclic amines) is 2. The van der Waals surface area contributed by atoms with Crippen LogP contribution in [0, 0.1) is 18.8 Å². The number of hydrogen-bond acceptors (Lipinski definition) is 4. The van der Waals surface area contributed by atoms with Crippen LogP contribution < -0.4 is 0 Å². The molecule has 2 aliphatic heterocycles. The number of aryl methyl sites for hydroxylation is 1. The minimum Gasteiger partial charge on any atom is -0.306 e. The first-order valence-corrected chi connectivity index (χ1v) is 6.39. The van der Waals surface area contributed by atoms with E-state index in [-0.39, 0.29) is 0 Å². The van der Waals surface area contributed by atoms with Crippen LogP contribution in [-0.2, 0) is 6.54 Å². The molecule has 3 heterocycles. The van der Waals surface area contributed by atoms with Crippen LogP contribution in [0.3, 0.4) is 0 Å². The minimum absolute atomic E-state index is 0.855. The molecular weight excluding hydrogens is 212 g/mol. The second kappa shape index (κ2) is 4.35. The SMILES string of the molecule is Cc1ncc(CN2C[C@H]3CN(C)C[C@H]3C2)cn1. The van der Waals surface area contributed by atoms with Crippen LogP contribution in [0.1, 0.15) is 11.4 Å². The Labute approximate surface area is 103 Å². The number of nitrogens with zero attached hydrogens (tertiary/aromatic N) is 4. The molecule has 17 heavy (non-hydrogen) atoms. The summed E-state index contributed by atoms with van der Waals surface area (Å²) in [5, 5.41) is 0. The zero-order valence-corrected chi connectivity index (χ0v) is 10.6. The first-order valence-electron chi connectivity index (χ1n) is 6.39. The highest BCUT2D eigenvalue weighted by Crippen LogP contribution is 2.30. The molecule has 0 spiro atoms. The van der Waals surface area contributed by atoms with E-state index in [0.717, 1.165) is 24.2 Å². The molecule has 0 amide bonds. The molecule has 1 aromatic rings. The summed E-state index contributed by atoms with van der Waals surface area (Å²) >= 11 is 0. The van der Waals surface area contributed by atoms with Crippen molar-refractivity contribution in [2.45, 2.75) is 13.5 Å². The molecule has 92 valence electrons. The van der Waals surface area contributed by atoms with E-state index >= 15 is 0 Å². The summed E-state index contributed by atoms with van der Waals surface area (Å²) in [5.74, 6) is 2.62. The average Bonchev–Trinajstić information content (AvgIpc) is 2.78. The standard InChI is InChI=1S/C13H20N4/c1-10-14-3-11(4-15-10)5-17-8-12-6-16(2)7-13(12)9-17/h3-4,12-13H,5-9H2,1-2H3/t12-,13+. The van der Waals surface area contributed by atoms with Crippen LogP contribution in [0.5, 0.6) is 0 Å². The van der Waals surface area contributed by atoms with Crippen molar-refractivity contribution in [3.8, 4) is 0 Å². The van der Waals surface area contributed by atoms with Crippen LogP contribution >= 0.6 is 0 Å². The Bertz CT molecular complexity index is 375. The summed E-state index contributed by atoms with van der Waals surface area (Å²) in [7, 11) is 2.23. The molecule has 4 heteroatoms. The van der Waals surface area contributed by atoms with Crippen molar-refractivity contribution in [2.75, 3.05) is 33.2 Å². The van der Waals surface area contributed by atoms with E-state index in [9.17, 15) is 0 Å². The Balaban J connectivity index is 1.60. The molecule has 0 aromatic carbocycles. The molecule has 2 saturated heterocycles. The fourth-order valence-corrected chi connectivity index (χ4v) is 3.21. The summed E-state index contributed by atoms with van der Waals surface area (Å²) < 4.78 is 0. The maximum atomic E-state index is 4.26. The maximum absolute atomic E-state index is 4.26. The second-order valence-electron chi connectivity index (χ2n) is 5.57. The van der Waals surface area contributed by atoms with Crippen LogP contribution in [0.4, 0.5) is 0 Å². The van der Waals surface area contributed by atoms with Gasteiger partial charge in [0.15, 0.2) is 0 Å². The van der Waals surface area contributed by atoms with Gasteiger partial charge in [0, 0.05) is 50.7 Å². The number of hydrogen-bond donors (Lipinski definition) is 0. The summed E-state index contributed by atoms with van der Waals surface area (Å²) in [6.45, 7) is 7.96. The molecule has 0 saturated carbocycles.